The fourth-order valence-electron chi connectivity index (χ4n) is 0.802. The molecule has 92 valence electrons. The van der Waals surface area contributed by atoms with E-state index in [0.29, 0.717) is 6.42 Å². The molecule has 4 heteroatoms. The molecule has 0 saturated heterocycles. The van der Waals surface area contributed by atoms with Gasteiger partial charge in [0.1, 0.15) is 6.29 Å². The lowest BCUT2D eigenvalue weighted by Gasteiger charge is -2.02. The molecule has 3 N–H and O–H groups in total. The van der Waals surface area contributed by atoms with Crippen LogP contribution >= 0.6 is 0 Å². The van der Waals surface area contributed by atoms with Crippen LogP contribution in [0.3, 0.4) is 0 Å². The molecule has 0 unspecified atom stereocenters. The number of rotatable bonds is 9. The molecule has 0 aliphatic carbocycles. The molecule has 0 aliphatic rings. The van der Waals surface area contributed by atoms with Gasteiger partial charge in [-0.15, -0.1) is 0 Å². The molecule has 0 atom stereocenters. The first-order chi connectivity index (χ1) is 7.33. The number of aldehydes is 1. The topological polar surface area (TPSA) is 64.3 Å². The van der Waals surface area contributed by atoms with E-state index in [1.54, 1.807) is 0 Å². The number of unbranched alkanes of at least 4 members (excludes halogenated alkanes) is 2. The molecule has 0 rings (SSSR count). The maximum absolute atomic E-state index is 9.17. The van der Waals surface area contributed by atoms with E-state index >= 15 is 0 Å². The van der Waals surface area contributed by atoms with Crippen LogP contribution in [0.5, 0.6) is 0 Å². The van der Waals surface area contributed by atoms with Gasteiger partial charge in [0.05, 0.1) is 6.61 Å². The van der Waals surface area contributed by atoms with Crippen molar-refractivity contribution in [1.29, 1.82) is 0 Å². The van der Waals surface area contributed by atoms with Crippen molar-refractivity contribution in [2.75, 3.05) is 33.4 Å². The van der Waals surface area contributed by atoms with Crippen molar-refractivity contribution in [1.82, 2.24) is 5.32 Å². The van der Waals surface area contributed by atoms with E-state index in [1.807, 2.05) is 14.0 Å². The summed E-state index contributed by atoms with van der Waals surface area (Å²) < 4.78 is 5.32. The first kappa shape index (κ1) is 17.0. The highest BCUT2D eigenvalue weighted by Gasteiger charge is 1.87. The Morgan fingerprint density at radius 2 is 1.93 bits per heavy atom. The number of nitrogens with two attached hydrogens (primary N) is 1. The van der Waals surface area contributed by atoms with Crippen molar-refractivity contribution in [3.05, 3.63) is 0 Å². The Kier molecular flexibility index (Phi) is 21.7. The molecule has 0 aromatic rings. The predicted molar refractivity (Wildman–Crippen MR) is 64.0 cm³/mol. The van der Waals surface area contributed by atoms with E-state index in [9.17, 15) is 4.79 Å². The summed E-state index contributed by atoms with van der Waals surface area (Å²) in [6.07, 6.45) is 4.96. The second-order valence-electron chi connectivity index (χ2n) is 3.14. The highest BCUT2D eigenvalue weighted by molar-refractivity contribution is 5.48. The monoisotopic (exact) mass is 218 g/mol. The Bertz CT molecular complexity index is 103. The van der Waals surface area contributed by atoms with Crippen molar-refractivity contribution < 1.29 is 9.53 Å². The minimum absolute atomic E-state index is 0.639. The van der Waals surface area contributed by atoms with E-state index in [4.69, 9.17) is 10.5 Å². The molecule has 4 nitrogen and oxygen atoms in total. The van der Waals surface area contributed by atoms with Crippen LogP contribution in [0.4, 0.5) is 0 Å². The second kappa shape index (κ2) is 19.2. The number of carbonyl (C=O) groups is 1. The lowest BCUT2D eigenvalue weighted by Crippen LogP contribution is -2.14. The van der Waals surface area contributed by atoms with Gasteiger partial charge in [-0.25, -0.2) is 0 Å². The summed E-state index contributed by atoms with van der Waals surface area (Å²) in [5, 5.41) is 3.02. The molecule has 0 bridgehead atoms. The minimum Gasteiger partial charge on any atom is -0.380 e. The summed E-state index contributed by atoms with van der Waals surface area (Å²) >= 11 is 0. The van der Waals surface area contributed by atoms with Crippen molar-refractivity contribution >= 4 is 6.29 Å². The summed E-state index contributed by atoms with van der Waals surface area (Å²) in [4.78, 5) is 9.17. The molecule has 0 aliphatic heterocycles. The van der Waals surface area contributed by atoms with Gasteiger partial charge in [-0.05, 0) is 32.9 Å². The summed E-state index contributed by atoms with van der Waals surface area (Å²) in [5.41, 5.74) is 5.34. The van der Waals surface area contributed by atoms with Crippen molar-refractivity contribution in [2.45, 2.75) is 32.6 Å². The van der Waals surface area contributed by atoms with Crippen LogP contribution in [0.1, 0.15) is 32.6 Å². The van der Waals surface area contributed by atoms with Crippen LogP contribution < -0.4 is 11.1 Å². The predicted octanol–water partition coefficient (Wildman–Crippen LogP) is 0.947. The molecule has 0 aromatic carbocycles. The Morgan fingerprint density at radius 1 is 1.27 bits per heavy atom. The average Bonchev–Trinajstić information content (AvgIpc) is 2.28. The van der Waals surface area contributed by atoms with E-state index < -0.39 is 0 Å². The fourth-order valence-corrected chi connectivity index (χ4v) is 0.802. The first-order valence-corrected chi connectivity index (χ1v) is 5.69. The third kappa shape index (κ3) is 24.7. The van der Waals surface area contributed by atoms with Gasteiger partial charge in [0, 0.05) is 19.6 Å². The van der Waals surface area contributed by atoms with Gasteiger partial charge in [-0.3, -0.25) is 0 Å². The summed E-state index contributed by atoms with van der Waals surface area (Å²) in [5.74, 6) is 0. The van der Waals surface area contributed by atoms with Gasteiger partial charge >= 0.3 is 0 Å². The minimum atomic E-state index is 0.639. The van der Waals surface area contributed by atoms with Crippen molar-refractivity contribution in [3.8, 4) is 0 Å². The summed E-state index contributed by atoms with van der Waals surface area (Å²) in [6, 6.07) is 0. The molecule has 0 amide bonds. The maximum Gasteiger partial charge on any atom is 0.119 e. The van der Waals surface area contributed by atoms with Crippen LogP contribution in [0.15, 0.2) is 0 Å². The number of hydrogen-bond acceptors (Lipinski definition) is 4. The van der Waals surface area contributed by atoms with E-state index in [1.165, 1.54) is 6.42 Å². The molecular formula is C11H26N2O2. The zero-order valence-electron chi connectivity index (χ0n) is 10.1. The van der Waals surface area contributed by atoms with Crippen LogP contribution in [0, 0.1) is 0 Å². The van der Waals surface area contributed by atoms with Gasteiger partial charge < -0.3 is 20.6 Å². The maximum atomic E-state index is 9.17. The van der Waals surface area contributed by atoms with Gasteiger partial charge in [0.25, 0.3) is 0 Å². The Hall–Kier alpha value is -0.450. The number of likely N-dealkylation sites (N-methyl/N-ethyl adjacent to an activating group) is 1. The Balaban J connectivity index is 0. The van der Waals surface area contributed by atoms with Crippen LogP contribution in [0.2, 0.25) is 0 Å². The van der Waals surface area contributed by atoms with Crippen molar-refractivity contribution in [2.24, 2.45) is 5.73 Å². The zero-order chi connectivity index (χ0) is 11.8. The van der Waals surface area contributed by atoms with Crippen molar-refractivity contribution in [3.63, 3.8) is 0 Å². The molecule has 0 spiro atoms. The number of carbonyl (C=O) groups excluding carboxylic acids is 1. The Labute approximate surface area is 93.6 Å². The van der Waals surface area contributed by atoms with Gasteiger partial charge in [0.2, 0.25) is 0 Å². The van der Waals surface area contributed by atoms with Crippen LogP contribution in [-0.2, 0) is 9.53 Å². The summed E-state index contributed by atoms with van der Waals surface area (Å²) in [6.45, 7) is 5.25. The van der Waals surface area contributed by atoms with E-state index in [0.717, 1.165) is 45.4 Å². The molecule has 0 radical (unpaired) electrons. The molecule has 0 fully saturated rings. The number of nitrogens with one attached hydrogen (secondary N) is 1. The highest BCUT2D eigenvalue weighted by Crippen LogP contribution is 1.93. The van der Waals surface area contributed by atoms with E-state index in [2.05, 4.69) is 5.32 Å². The zero-order valence-corrected chi connectivity index (χ0v) is 10.1. The van der Waals surface area contributed by atoms with Gasteiger partial charge in [0.15, 0.2) is 0 Å². The fraction of sp³-hybridized carbons (Fsp3) is 0.909. The third-order valence-electron chi connectivity index (χ3n) is 1.66. The first-order valence-electron chi connectivity index (χ1n) is 5.69. The van der Waals surface area contributed by atoms with Gasteiger partial charge in [-0.2, -0.15) is 0 Å². The lowest BCUT2D eigenvalue weighted by atomic mass is 10.2. The largest absolute Gasteiger partial charge is 0.380 e. The molecule has 0 heterocycles. The highest BCUT2D eigenvalue weighted by atomic mass is 16.5. The summed E-state index contributed by atoms with van der Waals surface area (Å²) in [7, 11) is 1.93. The Morgan fingerprint density at radius 3 is 2.40 bits per heavy atom. The molecule has 15 heavy (non-hydrogen) atoms. The van der Waals surface area contributed by atoms with E-state index in [-0.39, 0.29) is 0 Å². The second-order valence-corrected chi connectivity index (χ2v) is 3.14. The van der Waals surface area contributed by atoms with Crippen LogP contribution in [-0.4, -0.2) is 39.6 Å². The lowest BCUT2D eigenvalue weighted by molar-refractivity contribution is -0.107. The quantitative estimate of drug-likeness (QED) is 0.447. The molecule has 0 saturated carbocycles. The standard InChI is InChI=1S/C8H20N2O.C3H6O/c1-10-6-8-11-7-4-2-3-5-9;1-2-3-4/h10H,2-9H2,1H3;3H,2H2,1H3. The average molecular weight is 218 g/mol. The smallest absolute Gasteiger partial charge is 0.119 e. The normalized spacial score (nSPS) is 9.27. The number of ether oxygens (including phenoxy) is 1. The van der Waals surface area contributed by atoms with Gasteiger partial charge in [-0.1, -0.05) is 6.92 Å². The molecular weight excluding hydrogens is 192 g/mol. The third-order valence-corrected chi connectivity index (χ3v) is 1.66. The van der Waals surface area contributed by atoms with Crippen LogP contribution in [0.25, 0.3) is 0 Å². The molecule has 0 aromatic heterocycles. The number of hydrogen-bond donors (Lipinski definition) is 2. The SMILES string of the molecule is CCC=O.CNCCOCCCCCN.